The summed E-state index contributed by atoms with van der Waals surface area (Å²) in [6.07, 6.45) is 4.21. The summed E-state index contributed by atoms with van der Waals surface area (Å²) in [6.45, 7) is 4.68. The lowest BCUT2D eigenvalue weighted by Gasteiger charge is -2.23. The molecule has 1 heterocycles. The molecule has 0 aromatic carbocycles. The average molecular weight is 261 g/mol. The van der Waals surface area contributed by atoms with Crippen LogP contribution in [0.3, 0.4) is 0 Å². The zero-order valence-electron chi connectivity index (χ0n) is 12.0. The highest BCUT2D eigenvalue weighted by molar-refractivity contribution is 5.78. The predicted octanol–water partition coefficient (Wildman–Crippen LogP) is 1.99. The van der Waals surface area contributed by atoms with E-state index in [1.165, 1.54) is 12.8 Å². The third kappa shape index (κ3) is 4.03. The van der Waals surface area contributed by atoms with Crippen LogP contribution in [0.2, 0.25) is 0 Å². The quantitative estimate of drug-likeness (QED) is 0.851. The summed E-state index contributed by atoms with van der Waals surface area (Å²) in [7, 11) is 2.02. The molecule has 1 aliphatic rings. The van der Waals surface area contributed by atoms with E-state index >= 15 is 0 Å². The Morgan fingerprint density at radius 1 is 1.47 bits per heavy atom. The van der Waals surface area contributed by atoms with E-state index in [-0.39, 0.29) is 11.9 Å². The molecule has 104 valence electrons. The van der Waals surface area contributed by atoms with Gasteiger partial charge in [0.15, 0.2) is 0 Å². The summed E-state index contributed by atoms with van der Waals surface area (Å²) >= 11 is 0. The van der Waals surface area contributed by atoms with Crippen molar-refractivity contribution >= 4 is 5.91 Å². The van der Waals surface area contributed by atoms with Gasteiger partial charge in [-0.2, -0.15) is 0 Å². The first-order chi connectivity index (χ1) is 9.08. The molecule has 1 fully saturated rings. The molecular weight excluding hydrogens is 238 g/mol. The van der Waals surface area contributed by atoms with E-state index in [1.54, 1.807) is 6.20 Å². The maximum Gasteiger partial charge on any atom is 0.234 e. The largest absolute Gasteiger partial charge is 0.346 e. The standard InChI is InChI=1S/C15H23N3O/c1-11(2)15(13-6-4-5-9-16-13)17-14(19)10-18(3)12-7-8-12/h4-6,9,11-12,15H,7-8,10H2,1-3H3,(H,17,19)/t15-/m0/s1. The van der Waals surface area contributed by atoms with Gasteiger partial charge < -0.3 is 5.32 Å². The molecule has 4 heteroatoms. The van der Waals surface area contributed by atoms with Crippen LogP contribution in [-0.4, -0.2) is 35.4 Å². The zero-order chi connectivity index (χ0) is 13.8. The second kappa shape index (κ2) is 6.15. The molecule has 1 aromatic rings. The summed E-state index contributed by atoms with van der Waals surface area (Å²) in [5, 5.41) is 3.10. The van der Waals surface area contributed by atoms with Gasteiger partial charge in [0.1, 0.15) is 0 Å². The van der Waals surface area contributed by atoms with E-state index in [9.17, 15) is 4.79 Å². The van der Waals surface area contributed by atoms with Crippen LogP contribution < -0.4 is 5.32 Å². The van der Waals surface area contributed by atoms with Gasteiger partial charge in [-0.15, -0.1) is 0 Å². The van der Waals surface area contributed by atoms with Crippen molar-refractivity contribution in [2.24, 2.45) is 5.92 Å². The van der Waals surface area contributed by atoms with Crippen molar-refractivity contribution in [2.75, 3.05) is 13.6 Å². The summed E-state index contributed by atoms with van der Waals surface area (Å²) < 4.78 is 0. The fraction of sp³-hybridized carbons (Fsp3) is 0.600. The topological polar surface area (TPSA) is 45.2 Å². The van der Waals surface area contributed by atoms with Gasteiger partial charge >= 0.3 is 0 Å². The summed E-state index contributed by atoms with van der Waals surface area (Å²) in [6, 6.07) is 6.42. The molecule has 2 rings (SSSR count). The van der Waals surface area contributed by atoms with E-state index < -0.39 is 0 Å². The molecule has 0 spiro atoms. The number of amides is 1. The smallest absolute Gasteiger partial charge is 0.234 e. The second-order valence-corrected chi connectivity index (χ2v) is 5.69. The van der Waals surface area contributed by atoms with Crippen molar-refractivity contribution < 1.29 is 4.79 Å². The van der Waals surface area contributed by atoms with Crippen LogP contribution in [0.5, 0.6) is 0 Å². The van der Waals surface area contributed by atoms with Gasteiger partial charge in [0.05, 0.1) is 18.3 Å². The van der Waals surface area contributed by atoms with Crippen molar-refractivity contribution in [1.82, 2.24) is 15.2 Å². The first kappa shape index (κ1) is 14.0. The predicted molar refractivity (Wildman–Crippen MR) is 75.6 cm³/mol. The maximum absolute atomic E-state index is 12.1. The highest BCUT2D eigenvalue weighted by atomic mass is 16.2. The highest BCUT2D eigenvalue weighted by Gasteiger charge is 2.28. The van der Waals surface area contributed by atoms with Gasteiger partial charge in [0.2, 0.25) is 5.91 Å². The third-order valence-corrected chi connectivity index (χ3v) is 3.55. The molecule has 1 amide bonds. The van der Waals surface area contributed by atoms with E-state index in [0.717, 1.165) is 5.69 Å². The minimum Gasteiger partial charge on any atom is -0.346 e. The summed E-state index contributed by atoms with van der Waals surface area (Å²) in [4.78, 5) is 18.6. The molecule has 19 heavy (non-hydrogen) atoms. The lowest BCUT2D eigenvalue weighted by molar-refractivity contribution is -0.123. The normalized spacial score (nSPS) is 16.7. The molecule has 0 bridgehead atoms. The van der Waals surface area contributed by atoms with Crippen LogP contribution in [0.25, 0.3) is 0 Å². The zero-order valence-corrected chi connectivity index (χ0v) is 12.0. The number of pyridine rings is 1. The van der Waals surface area contributed by atoms with Crippen molar-refractivity contribution in [1.29, 1.82) is 0 Å². The Bertz CT molecular complexity index is 415. The lowest BCUT2D eigenvalue weighted by Crippen LogP contribution is -2.39. The molecule has 1 saturated carbocycles. The van der Waals surface area contributed by atoms with Crippen LogP contribution in [0, 0.1) is 5.92 Å². The van der Waals surface area contributed by atoms with Gasteiger partial charge in [-0.25, -0.2) is 0 Å². The number of nitrogens with zero attached hydrogens (tertiary/aromatic N) is 2. The second-order valence-electron chi connectivity index (χ2n) is 5.69. The Morgan fingerprint density at radius 3 is 2.74 bits per heavy atom. The fourth-order valence-corrected chi connectivity index (χ4v) is 2.23. The molecule has 1 aromatic heterocycles. The Hall–Kier alpha value is -1.42. The molecule has 1 aliphatic carbocycles. The molecule has 0 unspecified atom stereocenters. The van der Waals surface area contributed by atoms with Crippen molar-refractivity contribution in [2.45, 2.75) is 38.8 Å². The molecule has 1 N–H and O–H groups in total. The number of hydrogen-bond acceptors (Lipinski definition) is 3. The Labute approximate surface area is 115 Å². The molecule has 1 atom stereocenters. The van der Waals surface area contributed by atoms with Crippen LogP contribution in [-0.2, 0) is 4.79 Å². The van der Waals surface area contributed by atoms with Crippen LogP contribution >= 0.6 is 0 Å². The first-order valence-corrected chi connectivity index (χ1v) is 6.98. The first-order valence-electron chi connectivity index (χ1n) is 6.98. The van der Waals surface area contributed by atoms with Crippen LogP contribution in [0.15, 0.2) is 24.4 Å². The molecule has 4 nitrogen and oxygen atoms in total. The SMILES string of the molecule is CC(C)[C@H](NC(=O)CN(C)C1CC1)c1ccccn1. The van der Waals surface area contributed by atoms with Gasteiger partial charge in [-0.1, -0.05) is 19.9 Å². The minimum atomic E-state index is -0.0127. The van der Waals surface area contributed by atoms with Crippen LogP contribution in [0.1, 0.15) is 38.4 Å². The third-order valence-electron chi connectivity index (χ3n) is 3.55. The van der Waals surface area contributed by atoms with Gasteiger partial charge in [0, 0.05) is 12.2 Å². The van der Waals surface area contributed by atoms with Crippen molar-refractivity contribution in [3.63, 3.8) is 0 Å². The van der Waals surface area contributed by atoms with Gasteiger partial charge in [0.25, 0.3) is 0 Å². The number of rotatable bonds is 6. The fourth-order valence-electron chi connectivity index (χ4n) is 2.23. The van der Waals surface area contributed by atoms with Gasteiger partial charge in [-0.3, -0.25) is 14.7 Å². The molecular formula is C15H23N3O. The number of likely N-dealkylation sites (N-methyl/N-ethyl adjacent to an activating group) is 1. The number of aromatic nitrogens is 1. The molecule has 0 aliphatic heterocycles. The number of carbonyl (C=O) groups excluding carboxylic acids is 1. The van der Waals surface area contributed by atoms with Crippen molar-refractivity contribution in [3.05, 3.63) is 30.1 Å². The van der Waals surface area contributed by atoms with Crippen molar-refractivity contribution in [3.8, 4) is 0 Å². The highest BCUT2D eigenvalue weighted by Crippen LogP contribution is 2.25. The Morgan fingerprint density at radius 2 is 2.21 bits per heavy atom. The molecule has 0 radical (unpaired) electrons. The Balaban J connectivity index is 1.94. The van der Waals surface area contributed by atoms with E-state index in [0.29, 0.717) is 18.5 Å². The Kier molecular flexibility index (Phi) is 4.53. The minimum absolute atomic E-state index is 0.0127. The molecule has 0 saturated heterocycles. The summed E-state index contributed by atoms with van der Waals surface area (Å²) in [5.41, 5.74) is 0.930. The van der Waals surface area contributed by atoms with Crippen LogP contribution in [0.4, 0.5) is 0 Å². The van der Waals surface area contributed by atoms with E-state index in [2.05, 4.69) is 29.0 Å². The number of hydrogen-bond donors (Lipinski definition) is 1. The van der Waals surface area contributed by atoms with E-state index in [4.69, 9.17) is 0 Å². The summed E-state index contributed by atoms with van der Waals surface area (Å²) in [5.74, 6) is 0.406. The van der Waals surface area contributed by atoms with Gasteiger partial charge in [-0.05, 0) is 37.9 Å². The number of carbonyl (C=O) groups is 1. The average Bonchev–Trinajstić information content (AvgIpc) is 3.21. The lowest BCUT2D eigenvalue weighted by atomic mass is 10.0. The van der Waals surface area contributed by atoms with E-state index in [1.807, 2.05) is 25.2 Å². The number of nitrogens with one attached hydrogen (secondary N) is 1. The monoisotopic (exact) mass is 261 g/mol. The maximum atomic E-state index is 12.1.